The Hall–Kier alpha value is -1.90. The summed E-state index contributed by atoms with van der Waals surface area (Å²) in [4.78, 5) is 2.05. The topological polar surface area (TPSA) is 3.24 Å². The molecule has 20 heavy (non-hydrogen) atoms. The number of benzene rings is 2. The van der Waals surface area contributed by atoms with Gasteiger partial charge in [-0.15, -0.1) is 0 Å². The van der Waals surface area contributed by atoms with Gasteiger partial charge >= 0.3 is 0 Å². The molecule has 1 aliphatic rings. The lowest BCUT2D eigenvalue weighted by Gasteiger charge is -2.24. The minimum absolute atomic E-state index is 0.155. The van der Waals surface area contributed by atoms with Gasteiger partial charge in [0.05, 0.1) is 5.69 Å². The predicted molar refractivity (Wildman–Crippen MR) is 76.9 cm³/mol. The van der Waals surface area contributed by atoms with Crippen molar-refractivity contribution in [3.05, 3.63) is 64.7 Å². The molecule has 0 bridgehead atoms. The summed E-state index contributed by atoms with van der Waals surface area (Å²) < 4.78 is 27.5. The van der Waals surface area contributed by atoms with Gasteiger partial charge in [-0.1, -0.05) is 18.2 Å². The Morgan fingerprint density at radius 3 is 2.75 bits per heavy atom. The summed E-state index contributed by atoms with van der Waals surface area (Å²) in [5.74, 6) is -0.350. The highest BCUT2D eigenvalue weighted by Crippen LogP contribution is 2.27. The molecule has 0 N–H and O–H groups in total. The molecule has 0 unspecified atom stereocenters. The van der Waals surface area contributed by atoms with Crippen LogP contribution in [0, 0.1) is 18.6 Å². The van der Waals surface area contributed by atoms with E-state index in [-0.39, 0.29) is 11.6 Å². The van der Waals surface area contributed by atoms with Gasteiger partial charge in [-0.2, -0.15) is 0 Å². The van der Waals surface area contributed by atoms with Crippen LogP contribution in [0.5, 0.6) is 0 Å². The lowest BCUT2D eigenvalue weighted by molar-refractivity contribution is 0.606. The Morgan fingerprint density at radius 1 is 1.05 bits per heavy atom. The number of halogens is 2. The molecule has 104 valence electrons. The van der Waals surface area contributed by atoms with E-state index in [0.717, 1.165) is 30.5 Å². The number of anilines is 1. The van der Waals surface area contributed by atoms with Gasteiger partial charge in [0.2, 0.25) is 0 Å². The molecule has 0 saturated carbocycles. The SMILES string of the molecule is Cc1cccc(N2CCCc3cc(F)ccc3C2)c1F. The lowest BCUT2D eigenvalue weighted by atomic mass is 10.0. The van der Waals surface area contributed by atoms with Gasteiger partial charge in [-0.3, -0.25) is 0 Å². The van der Waals surface area contributed by atoms with Crippen molar-refractivity contribution in [2.45, 2.75) is 26.3 Å². The van der Waals surface area contributed by atoms with E-state index in [2.05, 4.69) is 0 Å². The van der Waals surface area contributed by atoms with Crippen LogP contribution in [0.2, 0.25) is 0 Å². The molecule has 0 amide bonds. The van der Waals surface area contributed by atoms with E-state index in [4.69, 9.17) is 0 Å². The fraction of sp³-hybridized carbons (Fsp3) is 0.294. The first kappa shape index (κ1) is 13.1. The van der Waals surface area contributed by atoms with E-state index >= 15 is 0 Å². The number of hydrogen-bond donors (Lipinski definition) is 0. The van der Waals surface area contributed by atoms with Crippen LogP contribution in [0.1, 0.15) is 23.1 Å². The quantitative estimate of drug-likeness (QED) is 0.751. The highest BCUT2D eigenvalue weighted by atomic mass is 19.1. The molecule has 2 aromatic carbocycles. The Morgan fingerprint density at radius 2 is 1.90 bits per heavy atom. The van der Waals surface area contributed by atoms with Gasteiger partial charge in [0.1, 0.15) is 11.6 Å². The maximum atomic E-state index is 14.3. The molecular weight excluding hydrogens is 256 g/mol. The summed E-state index contributed by atoms with van der Waals surface area (Å²) in [5, 5.41) is 0. The van der Waals surface area contributed by atoms with Crippen molar-refractivity contribution >= 4 is 5.69 Å². The highest BCUT2D eigenvalue weighted by Gasteiger charge is 2.18. The first-order valence-corrected chi connectivity index (χ1v) is 6.92. The van der Waals surface area contributed by atoms with E-state index in [9.17, 15) is 8.78 Å². The van der Waals surface area contributed by atoms with Crippen LogP contribution in [-0.4, -0.2) is 6.54 Å². The van der Waals surface area contributed by atoms with Gasteiger partial charge in [0.25, 0.3) is 0 Å². The molecule has 3 rings (SSSR count). The van der Waals surface area contributed by atoms with Crippen LogP contribution >= 0.6 is 0 Å². The predicted octanol–water partition coefficient (Wildman–Crippen LogP) is 4.23. The van der Waals surface area contributed by atoms with Gasteiger partial charge in [0.15, 0.2) is 0 Å². The second kappa shape index (κ2) is 5.23. The summed E-state index contributed by atoms with van der Waals surface area (Å²) in [6.07, 6.45) is 1.75. The van der Waals surface area contributed by atoms with Crippen molar-refractivity contribution in [1.29, 1.82) is 0 Å². The second-order valence-electron chi connectivity index (χ2n) is 5.35. The van der Waals surface area contributed by atoms with Crippen molar-refractivity contribution in [1.82, 2.24) is 0 Å². The minimum atomic E-state index is -0.195. The highest BCUT2D eigenvalue weighted by molar-refractivity contribution is 5.51. The molecule has 0 spiro atoms. The fourth-order valence-electron chi connectivity index (χ4n) is 2.81. The zero-order valence-corrected chi connectivity index (χ0v) is 11.5. The van der Waals surface area contributed by atoms with E-state index < -0.39 is 0 Å². The van der Waals surface area contributed by atoms with E-state index in [1.54, 1.807) is 19.1 Å². The van der Waals surface area contributed by atoms with Crippen LogP contribution < -0.4 is 4.90 Å². The minimum Gasteiger partial charge on any atom is -0.365 e. The largest absolute Gasteiger partial charge is 0.365 e. The summed E-state index contributed by atoms with van der Waals surface area (Å²) in [6.45, 7) is 3.20. The Labute approximate surface area is 117 Å². The van der Waals surface area contributed by atoms with Gasteiger partial charge < -0.3 is 4.90 Å². The van der Waals surface area contributed by atoms with E-state index in [0.29, 0.717) is 17.8 Å². The zero-order valence-electron chi connectivity index (χ0n) is 11.5. The summed E-state index contributed by atoms with van der Waals surface area (Å²) in [6, 6.07) is 10.4. The summed E-state index contributed by atoms with van der Waals surface area (Å²) >= 11 is 0. The van der Waals surface area contributed by atoms with Crippen LogP contribution in [-0.2, 0) is 13.0 Å². The molecule has 3 heteroatoms. The molecular formula is C17H17F2N. The maximum Gasteiger partial charge on any atom is 0.149 e. The molecule has 1 aliphatic heterocycles. The summed E-state index contributed by atoms with van der Waals surface area (Å²) in [7, 11) is 0. The van der Waals surface area contributed by atoms with Crippen LogP contribution in [0.4, 0.5) is 14.5 Å². The van der Waals surface area contributed by atoms with Crippen LogP contribution in [0.25, 0.3) is 0 Å². The first-order valence-electron chi connectivity index (χ1n) is 6.92. The van der Waals surface area contributed by atoms with Crippen molar-refractivity contribution in [2.75, 3.05) is 11.4 Å². The molecule has 0 radical (unpaired) electrons. The summed E-state index contributed by atoms with van der Waals surface area (Å²) in [5.41, 5.74) is 3.43. The zero-order chi connectivity index (χ0) is 14.1. The Kier molecular flexibility index (Phi) is 3.43. The van der Waals surface area contributed by atoms with Crippen LogP contribution in [0.3, 0.4) is 0 Å². The maximum absolute atomic E-state index is 14.3. The second-order valence-corrected chi connectivity index (χ2v) is 5.35. The normalized spacial score (nSPS) is 14.8. The average Bonchev–Trinajstić information content (AvgIpc) is 2.63. The smallest absolute Gasteiger partial charge is 0.149 e. The molecule has 0 aromatic heterocycles. The molecule has 0 aliphatic carbocycles. The van der Waals surface area contributed by atoms with Crippen molar-refractivity contribution in [3.8, 4) is 0 Å². The molecule has 0 saturated heterocycles. The molecule has 0 fully saturated rings. The number of aryl methyl sites for hydroxylation is 2. The van der Waals surface area contributed by atoms with Gasteiger partial charge in [0, 0.05) is 13.1 Å². The number of hydrogen-bond acceptors (Lipinski definition) is 1. The van der Waals surface area contributed by atoms with Gasteiger partial charge in [-0.25, -0.2) is 8.78 Å². The number of fused-ring (bicyclic) bond motifs is 1. The molecule has 1 nitrogen and oxygen atoms in total. The third kappa shape index (κ3) is 2.40. The van der Waals surface area contributed by atoms with E-state index in [1.165, 1.54) is 6.07 Å². The lowest BCUT2D eigenvalue weighted by Crippen LogP contribution is -2.23. The molecule has 1 heterocycles. The van der Waals surface area contributed by atoms with Crippen molar-refractivity contribution < 1.29 is 8.78 Å². The Bertz CT molecular complexity index is 637. The molecule has 2 aromatic rings. The fourth-order valence-corrected chi connectivity index (χ4v) is 2.81. The Balaban J connectivity index is 1.96. The first-order chi connectivity index (χ1) is 9.65. The van der Waals surface area contributed by atoms with Gasteiger partial charge in [-0.05, 0) is 54.7 Å². The van der Waals surface area contributed by atoms with Crippen molar-refractivity contribution in [3.63, 3.8) is 0 Å². The van der Waals surface area contributed by atoms with Crippen LogP contribution in [0.15, 0.2) is 36.4 Å². The average molecular weight is 273 g/mol. The third-order valence-electron chi connectivity index (χ3n) is 3.92. The monoisotopic (exact) mass is 273 g/mol. The standard InChI is InChI=1S/C17H17F2N/c1-12-4-2-6-16(17(12)19)20-9-3-5-13-10-15(18)8-7-14(13)11-20/h2,4,6-8,10H,3,5,9,11H2,1H3. The third-order valence-corrected chi connectivity index (χ3v) is 3.92. The molecule has 0 atom stereocenters. The number of nitrogens with zero attached hydrogens (tertiary/aromatic N) is 1. The van der Waals surface area contributed by atoms with Crippen molar-refractivity contribution in [2.24, 2.45) is 0 Å². The van der Waals surface area contributed by atoms with E-state index in [1.807, 2.05) is 23.1 Å². The number of rotatable bonds is 1.